The van der Waals surface area contributed by atoms with Gasteiger partial charge in [-0.1, -0.05) is 12.0 Å². The lowest BCUT2D eigenvalue weighted by Gasteiger charge is -2.42. The third-order valence-electron chi connectivity index (χ3n) is 7.03. The van der Waals surface area contributed by atoms with Crippen molar-refractivity contribution in [2.75, 3.05) is 13.3 Å². The van der Waals surface area contributed by atoms with Crippen LogP contribution in [0.2, 0.25) is 0 Å². The minimum Gasteiger partial charge on any atom is -0.463 e. The zero-order valence-corrected chi connectivity index (χ0v) is 20.3. The van der Waals surface area contributed by atoms with E-state index in [1.54, 1.807) is 13.8 Å². The number of ether oxygens (including phenoxy) is 1. The Morgan fingerprint density at radius 1 is 1.46 bits per heavy atom. The maximum atomic E-state index is 15.1. The van der Waals surface area contributed by atoms with Crippen molar-refractivity contribution in [1.82, 2.24) is 9.97 Å². The van der Waals surface area contributed by atoms with E-state index in [1.807, 2.05) is 0 Å². The van der Waals surface area contributed by atoms with Gasteiger partial charge >= 0.3 is 0 Å². The second-order valence-electron chi connectivity index (χ2n) is 9.08. The van der Waals surface area contributed by atoms with Crippen molar-refractivity contribution in [3.05, 3.63) is 52.7 Å². The number of Topliss-reactive ketones (excluding diaryl/α,β-unsaturated/α-hetero) is 1. The summed E-state index contributed by atoms with van der Waals surface area (Å²) in [5, 5.41) is -0.692. The summed E-state index contributed by atoms with van der Waals surface area (Å²) in [6, 6.07) is 4.25. The molecule has 0 spiro atoms. The quantitative estimate of drug-likeness (QED) is 0.356. The molecular formula is C25H26F2N4O3S. The van der Waals surface area contributed by atoms with Crippen molar-refractivity contribution in [1.29, 1.82) is 0 Å². The summed E-state index contributed by atoms with van der Waals surface area (Å²) in [7, 11) is -3.06. The lowest BCUT2D eigenvalue weighted by molar-refractivity contribution is 0.0986. The Labute approximate surface area is 203 Å². The molecule has 4 rings (SSSR count). The summed E-state index contributed by atoms with van der Waals surface area (Å²) in [6.07, 6.45) is 6.98. The topological polar surface area (TPSA) is 108 Å². The summed E-state index contributed by atoms with van der Waals surface area (Å²) < 4.78 is 46.6. The Balaban J connectivity index is 1.67. The van der Waals surface area contributed by atoms with Crippen LogP contribution in [0.15, 0.2) is 29.4 Å². The highest BCUT2D eigenvalue weighted by Crippen LogP contribution is 2.51. The molecule has 2 N–H and O–H groups in total. The van der Waals surface area contributed by atoms with Crippen LogP contribution in [-0.2, 0) is 21.5 Å². The number of carbonyl (C=O) groups is 1. The number of benzene rings is 1. The normalized spacial score (nSPS) is 29.3. The summed E-state index contributed by atoms with van der Waals surface area (Å²) >= 11 is 0. The van der Waals surface area contributed by atoms with E-state index in [0.717, 1.165) is 0 Å². The molecular weight excluding hydrogens is 474 g/mol. The van der Waals surface area contributed by atoms with E-state index in [-0.39, 0.29) is 48.2 Å². The maximum Gasteiger partial charge on any atom is 0.233 e. The minimum atomic E-state index is -3.06. The molecule has 0 amide bonds. The van der Waals surface area contributed by atoms with E-state index in [0.29, 0.717) is 17.7 Å². The predicted octanol–water partition coefficient (Wildman–Crippen LogP) is 2.53. The molecule has 3 heterocycles. The molecule has 2 aliphatic heterocycles. The average Bonchev–Trinajstić information content (AvgIpc) is 3.02. The first-order valence-corrected chi connectivity index (χ1v) is 12.8. The Morgan fingerprint density at radius 3 is 2.86 bits per heavy atom. The summed E-state index contributed by atoms with van der Waals surface area (Å²) in [6.45, 7) is 2.36. The molecule has 2 aliphatic rings. The first kappa shape index (κ1) is 24.8. The first-order chi connectivity index (χ1) is 16.5. The molecule has 1 saturated heterocycles. The van der Waals surface area contributed by atoms with Crippen LogP contribution < -0.4 is 10.5 Å². The number of nitrogens with two attached hydrogens (primary N) is 1. The summed E-state index contributed by atoms with van der Waals surface area (Å²) in [4.78, 5) is 25.8. The molecule has 1 unspecified atom stereocenters. The second-order valence-corrected chi connectivity index (χ2v) is 11.9. The molecule has 10 heteroatoms. The number of nitrogens with zero attached hydrogens (tertiary/aromatic N) is 3. The number of ketones is 1. The Kier molecular flexibility index (Phi) is 6.18. The molecule has 184 valence electrons. The van der Waals surface area contributed by atoms with Gasteiger partial charge in [0.05, 0.1) is 17.1 Å². The van der Waals surface area contributed by atoms with Gasteiger partial charge in [0.1, 0.15) is 34.3 Å². The standard InChI is InChI=1S/C25H26F2N4O3S/c1-5-10-34-21-13-29-22(15(2)30-21)19(32)12-16-6-7-18(27)17(11-16)24(3)20-8-9-25(14-26,23(28)31-24)35(20,4)33/h1,6-7,11,13,20H,4,8-10,12,14H2,2-3H3,(H2,28,31)/t20-,24+,25-,35?/m0/s1. The number of alkyl halides is 1. The molecule has 0 aliphatic carbocycles. The Bertz CT molecular complexity index is 1390. The highest BCUT2D eigenvalue weighted by molar-refractivity contribution is 8.03. The van der Waals surface area contributed by atoms with E-state index in [4.69, 9.17) is 16.9 Å². The van der Waals surface area contributed by atoms with Gasteiger partial charge in [-0.2, -0.15) is 0 Å². The average molecular weight is 501 g/mol. The van der Waals surface area contributed by atoms with E-state index in [1.165, 1.54) is 24.4 Å². The molecule has 35 heavy (non-hydrogen) atoms. The van der Waals surface area contributed by atoms with Crippen molar-refractivity contribution in [2.45, 2.75) is 48.6 Å². The molecule has 2 bridgehead atoms. The van der Waals surface area contributed by atoms with Crippen molar-refractivity contribution < 1.29 is 22.5 Å². The van der Waals surface area contributed by atoms with Gasteiger partial charge in [-0.25, -0.2) is 18.7 Å². The monoisotopic (exact) mass is 500 g/mol. The largest absolute Gasteiger partial charge is 0.463 e. The molecule has 1 fully saturated rings. The van der Waals surface area contributed by atoms with E-state index in [9.17, 15) is 13.4 Å². The highest BCUT2D eigenvalue weighted by atomic mass is 32.2. The van der Waals surface area contributed by atoms with E-state index in [2.05, 4.69) is 26.8 Å². The van der Waals surface area contributed by atoms with Crippen LogP contribution in [-0.4, -0.2) is 54.9 Å². The number of amidine groups is 1. The zero-order valence-electron chi connectivity index (χ0n) is 19.5. The number of aliphatic imine (C=N–C) groups is 1. The smallest absolute Gasteiger partial charge is 0.233 e. The lowest BCUT2D eigenvalue weighted by atomic mass is 9.85. The number of rotatable bonds is 7. The van der Waals surface area contributed by atoms with E-state index >= 15 is 4.39 Å². The molecule has 1 aromatic heterocycles. The van der Waals surface area contributed by atoms with Gasteiger partial charge in [0.25, 0.3) is 0 Å². The number of fused-ring (bicyclic) bond motifs is 2. The third-order valence-corrected chi connectivity index (χ3v) is 10.5. The van der Waals surface area contributed by atoms with Crippen LogP contribution in [0, 0.1) is 25.1 Å². The SMILES string of the molecule is C#CCOc1cnc(C(=O)Cc2ccc(F)c([C@@]3(C)N=C(N)[C@@]4(CF)CC[C@@H]3S4(=C)=O)c2)c(C)n1. The fraction of sp³-hybridized carbons (Fsp3) is 0.400. The predicted molar refractivity (Wildman–Crippen MR) is 131 cm³/mol. The number of hydrogen-bond acceptors (Lipinski definition) is 7. The van der Waals surface area contributed by atoms with Gasteiger partial charge < -0.3 is 10.5 Å². The van der Waals surface area contributed by atoms with Crippen molar-refractivity contribution in [2.24, 2.45) is 10.7 Å². The molecule has 2 aromatic rings. The van der Waals surface area contributed by atoms with E-state index < -0.39 is 37.5 Å². The fourth-order valence-corrected chi connectivity index (χ4v) is 8.11. The van der Waals surface area contributed by atoms with Crippen molar-refractivity contribution in [3.8, 4) is 18.2 Å². The van der Waals surface area contributed by atoms with Gasteiger partial charge in [0, 0.05) is 12.0 Å². The van der Waals surface area contributed by atoms with Crippen LogP contribution in [0.25, 0.3) is 0 Å². The van der Waals surface area contributed by atoms with Crippen molar-refractivity contribution >= 4 is 27.0 Å². The van der Waals surface area contributed by atoms with Crippen LogP contribution in [0.1, 0.15) is 47.1 Å². The number of terminal acetylenes is 1. The number of halogens is 2. The highest BCUT2D eigenvalue weighted by Gasteiger charge is 2.61. The third kappa shape index (κ3) is 3.78. The van der Waals surface area contributed by atoms with Gasteiger partial charge in [-0.3, -0.25) is 14.0 Å². The van der Waals surface area contributed by atoms with Gasteiger partial charge in [-0.15, -0.1) is 6.42 Å². The molecule has 4 atom stereocenters. The zero-order chi connectivity index (χ0) is 25.6. The van der Waals surface area contributed by atoms with Crippen LogP contribution in [0.4, 0.5) is 8.78 Å². The van der Waals surface area contributed by atoms with Gasteiger partial charge in [0.15, 0.2) is 12.4 Å². The Morgan fingerprint density at radius 2 is 2.20 bits per heavy atom. The number of hydrogen-bond donors (Lipinski definition) is 1. The maximum absolute atomic E-state index is 15.1. The first-order valence-electron chi connectivity index (χ1n) is 11.0. The van der Waals surface area contributed by atoms with Crippen molar-refractivity contribution in [3.63, 3.8) is 0 Å². The molecule has 0 saturated carbocycles. The Hall–Kier alpha value is -3.32. The number of aromatic nitrogens is 2. The lowest BCUT2D eigenvalue weighted by Crippen LogP contribution is -2.58. The second kappa shape index (κ2) is 8.72. The molecule has 1 aromatic carbocycles. The fourth-order valence-electron chi connectivity index (χ4n) is 5.10. The number of carbonyl (C=O) groups excluding carboxylic acids is 1. The summed E-state index contributed by atoms with van der Waals surface area (Å²) in [5.41, 5.74) is 5.99. The molecule has 0 radical (unpaired) electrons. The van der Waals surface area contributed by atoms with Crippen LogP contribution in [0.3, 0.4) is 0 Å². The van der Waals surface area contributed by atoms with Gasteiger partial charge in [0.2, 0.25) is 5.88 Å². The summed E-state index contributed by atoms with van der Waals surface area (Å²) in [5.74, 6) is 5.38. The molecule has 7 nitrogen and oxygen atoms in total. The minimum absolute atomic E-state index is 0.0264. The number of aryl methyl sites for hydroxylation is 1. The van der Waals surface area contributed by atoms with Gasteiger partial charge in [-0.05, 0) is 59.8 Å². The van der Waals surface area contributed by atoms with Crippen LogP contribution >= 0.6 is 0 Å². The van der Waals surface area contributed by atoms with Crippen LogP contribution in [0.5, 0.6) is 5.88 Å².